The predicted octanol–water partition coefficient (Wildman–Crippen LogP) is 5.72. The van der Waals surface area contributed by atoms with E-state index in [0.717, 1.165) is 27.8 Å². The first-order valence-electron chi connectivity index (χ1n) is 12.7. The molecule has 4 aromatic rings. The average molecular weight is 498 g/mol. The van der Waals surface area contributed by atoms with Crippen molar-refractivity contribution in [2.45, 2.75) is 25.2 Å². The maximum absolute atomic E-state index is 14.3. The molecule has 2 amide bonds. The van der Waals surface area contributed by atoms with Crippen LogP contribution in [0.15, 0.2) is 88.3 Å². The van der Waals surface area contributed by atoms with E-state index in [4.69, 9.17) is 9.41 Å². The van der Waals surface area contributed by atoms with Crippen LogP contribution < -0.4 is 4.90 Å². The molecule has 0 saturated carbocycles. The first-order valence-corrected chi connectivity index (χ1v) is 12.7. The maximum Gasteiger partial charge on any atom is 0.239 e. The van der Waals surface area contributed by atoms with E-state index in [-0.39, 0.29) is 23.6 Å². The Morgan fingerprint density at radius 2 is 1.50 bits per heavy atom. The molecule has 0 spiro atoms. The van der Waals surface area contributed by atoms with E-state index >= 15 is 0 Å². The highest BCUT2D eigenvalue weighted by atomic mass is 16.4. The molecule has 6 heteroatoms. The lowest BCUT2D eigenvalue weighted by Gasteiger charge is -2.52. The van der Waals surface area contributed by atoms with Crippen LogP contribution in [0.25, 0.3) is 0 Å². The monoisotopic (exact) mass is 497 g/mol. The maximum atomic E-state index is 14.3. The molecule has 6 nitrogen and oxygen atoms in total. The number of nitriles is 1. The predicted molar refractivity (Wildman–Crippen MR) is 142 cm³/mol. The highest BCUT2D eigenvalue weighted by Gasteiger charge is 2.68. The number of anilines is 1. The van der Waals surface area contributed by atoms with Gasteiger partial charge in [0, 0.05) is 17.7 Å². The van der Waals surface area contributed by atoms with Crippen LogP contribution in [0.3, 0.4) is 0 Å². The molecule has 0 unspecified atom stereocenters. The van der Waals surface area contributed by atoms with Crippen LogP contribution in [-0.2, 0) is 15.0 Å². The van der Waals surface area contributed by atoms with Gasteiger partial charge < -0.3 is 4.42 Å². The van der Waals surface area contributed by atoms with E-state index in [0.29, 0.717) is 17.0 Å². The molecule has 3 aromatic carbocycles. The Bertz CT molecular complexity index is 1680. The first-order chi connectivity index (χ1) is 18.5. The zero-order chi connectivity index (χ0) is 26.2. The van der Waals surface area contributed by atoms with Gasteiger partial charge in [-0.15, -0.1) is 0 Å². The zero-order valence-electron chi connectivity index (χ0n) is 20.9. The molecule has 3 aliphatic carbocycles. The number of amides is 2. The van der Waals surface area contributed by atoms with E-state index < -0.39 is 17.3 Å². The highest BCUT2D eigenvalue weighted by Crippen LogP contribution is 2.63. The van der Waals surface area contributed by atoms with Crippen LogP contribution in [0.1, 0.15) is 45.1 Å². The number of carbonyl (C=O) groups excluding carboxylic acids is 2. The molecule has 0 N–H and O–H groups in total. The quantitative estimate of drug-likeness (QED) is 0.268. The Morgan fingerprint density at radius 3 is 2.13 bits per heavy atom. The lowest BCUT2D eigenvalue weighted by atomic mass is 9.47. The Balaban J connectivity index is 1.52. The van der Waals surface area contributed by atoms with Crippen molar-refractivity contribution in [1.82, 2.24) is 0 Å². The van der Waals surface area contributed by atoms with Gasteiger partial charge in [-0.2, -0.15) is 5.26 Å². The van der Waals surface area contributed by atoms with Crippen LogP contribution in [-0.4, -0.2) is 18.0 Å². The van der Waals surface area contributed by atoms with Crippen molar-refractivity contribution in [3.8, 4) is 6.07 Å². The molecule has 1 fully saturated rings. The normalized spacial score (nSPS) is 24.9. The largest absolute Gasteiger partial charge is 0.442 e. The lowest BCUT2D eigenvalue weighted by molar-refractivity contribution is -0.122. The Hall–Kier alpha value is -4.76. The molecule has 2 atom stereocenters. The second-order valence-electron chi connectivity index (χ2n) is 10.2. The average Bonchev–Trinajstić information content (AvgIpc) is 3.39. The van der Waals surface area contributed by atoms with Gasteiger partial charge in [0.15, 0.2) is 0 Å². The number of hydrogen-bond acceptors (Lipinski definition) is 5. The molecule has 4 aliphatic rings. The third kappa shape index (κ3) is 2.68. The summed E-state index contributed by atoms with van der Waals surface area (Å²) >= 11 is 0. The van der Waals surface area contributed by atoms with E-state index in [1.165, 1.54) is 4.90 Å². The number of nitrogens with zero attached hydrogens (tertiary/aromatic N) is 3. The Labute approximate surface area is 219 Å². The summed E-state index contributed by atoms with van der Waals surface area (Å²) in [6.07, 6.45) is 1.76. The van der Waals surface area contributed by atoms with E-state index in [1.54, 1.807) is 25.3 Å². The van der Waals surface area contributed by atoms with Gasteiger partial charge in [0.05, 0.1) is 22.9 Å². The van der Waals surface area contributed by atoms with Gasteiger partial charge in [0.1, 0.15) is 17.4 Å². The molecule has 8 rings (SSSR count). The van der Waals surface area contributed by atoms with Crippen LogP contribution in [0.5, 0.6) is 0 Å². The number of imide groups is 1. The van der Waals surface area contributed by atoms with Crippen molar-refractivity contribution in [2.24, 2.45) is 16.8 Å². The molecule has 2 heterocycles. The first kappa shape index (κ1) is 22.4. The van der Waals surface area contributed by atoms with Crippen molar-refractivity contribution < 1.29 is 14.0 Å². The fraction of sp³-hybridized carbons (Fsp3) is 0.188. The summed E-state index contributed by atoms with van der Waals surface area (Å²) in [5.41, 5.74) is 4.66. The SMILES string of the molecule is Cc1oc(N=CC23c4ccccc4C(c4ccccc42)[C@@H]2C(=O)N(c4ccccc4)C(=O)[C@H]23)c(C#N)c1C. The number of furan rings is 1. The summed E-state index contributed by atoms with van der Waals surface area (Å²) < 4.78 is 5.87. The third-order valence-corrected chi connectivity index (χ3v) is 8.56. The molecular weight excluding hydrogens is 474 g/mol. The number of aryl methyl sites for hydroxylation is 1. The Morgan fingerprint density at radius 1 is 0.895 bits per heavy atom. The van der Waals surface area contributed by atoms with Gasteiger partial charge in [-0.3, -0.25) is 9.59 Å². The number of hydrogen-bond donors (Lipinski definition) is 0. The van der Waals surface area contributed by atoms with E-state index in [2.05, 4.69) is 18.2 Å². The lowest BCUT2D eigenvalue weighted by Crippen LogP contribution is -2.54. The van der Waals surface area contributed by atoms with Crippen LogP contribution in [0.4, 0.5) is 11.6 Å². The number of benzene rings is 3. The van der Waals surface area contributed by atoms with Crippen molar-refractivity contribution in [2.75, 3.05) is 4.90 Å². The van der Waals surface area contributed by atoms with Crippen molar-refractivity contribution in [3.63, 3.8) is 0 Å². The summed E-state index contributed by atoms with van der Waals surface area (Å²) in [6, 6.07) is 27.4. The minimum atomic E-state index is -1.01. The summed E-state index contributed by atoms with van der Waals surface area (Å²) in [4.78, 5) is 34.6. The molecule has 0 radical (unpaired) electrons. The second kappa shape index (κ2) is 7.87. The van der Waals surface area contributed by atoms with Crippen molar-refractivity contribution >= 4 is 29.6 Å². The fourth-order valence-corrected chi connectivity index (χ4v) is 6.87. The molecule has 1 aromatic heterocycles. The minimum absolute atomic E-state index is 0.194. The van der Waals surface area contributed by atoms with E-state index in [9.17, 15) is 14.9 Å². The van der Waals surface area contributed by atoms with Gasteiger partial charge in [0.25, 0.3) is 0 Å². The summed E-state index contributed by atoms with van der Waals surface area (Å²) in [5, 5.41) is 9.79. The zero-order valence-corrected chi connectivity index (χ0v) is 20.9. The molecule has 184 valence electrons. The fourth-order valence-electron chi connectivity index (χ4n) is 6.87. The molecule has 38 heavy (non-hydrogen) atoms. The Kier molecular flexibility index (Phi) is 4.65. The summed E-state index contributed by atoms with van der Waals surface area (Å²) in [5.74, 6) is -1.09. The number of carbonyl (C=O) groups is 2. The highest BCUT2D eigenvalue weighted by molar-refractivity contribution is 6.25. The van der Waals surface area contributed by atoms with Crippen LogP contribution in [0, 0.1) is 37.0 Å². The topological polar surface area (TPSA) is 86.7 Å². The summed E-state index contributed by atoms with van der Waals surface area (Å²) in [7, 11) is 0. The summed E-state index contributed by atoms with van der Waals surface area (Å²) in [6.45, 7) is 3.63. The number of aliphatic imine (C=N–C) groups is 1. The van der Waals surface area contributed by atoms with Gasteiger partial charge in [-0.25, -0.2) is 9.89 Å². The van der Waals surface area contributed by atoms with Crippen molar-refractivity contribution in [3.05, 3.63) is 118 Å². The van der Waals surface area contributed by atoms with Crippen molar-refractivity contribution in [1.29, 1.82) is 5.26 Å². The third-order valence-electron chi connectivity index (χ3n) is 8.56. The minimum Gasteiger partial charge on any atom is -0.442 e. The molecule has 1 saturated heterocycles. The smallest absolute Gasteiger partial charge is 0.239 e. The standard InChI is InChI=1S/C32H23N3O3/c1-18-19(2)38-29(23(18)16-33)34-17-32-24-14-8-6-12-21(24)26(22-13-7-9-15-25(22)32)27-28(32)31(37)35(30(27)36)20-10-4-3-5-11-20/h3-15,17,26-28H,1-2H3/t26?,27-,28-,32?/m0/s1. The molecule has 1 aliphatic heterocycles. The number of para-hydroxylation sites is 1. The molecule has 2 bridgehead atoms. The van der Waals surface area contributed by atoms with Crippen LogP contribution in [0.2, 0.25) is 0 Å². The van der Waals surface area contributed by atoms with Gasteiger partial charge >= 0.3 is 0 Å². The second-order valence-corrected chi connectivity index (χ2v) is 10.2. The van der Waals surface area contributed by atoms with Gasteiger partial charge in [-0.05, 0) is 48.2 Å². The molecular formula is C32H23N3O3. The van der Waals surface area contributed by atoms with E-state index in [1.807, 2.05) is 61.5 Å². The van der Waals surface area contributed by atoms with Crippen LogP contribution >= 0.6 is 0 Å². The van der Waals surface area contributed by atoms with Gasteiger partial charge in [-0.1, -0.05) is 66.7 Å². The number of rotatable bonds is 3. The van der Waals surface area contributed by atoms with Gasteiger partial charge in [0.2, 0.25) is 17.7 Å².